The van der Waals surface area contributed by atoms with Crippen molar-refractivity contribution < 1.29 is 19.2 Å². The summed E-state index contributed by atoms with van der Waals surface area (Å²) >= 11 is 0. The van der Waals surface area contributed by atoms with Crippen LogP contribution >= 0.6 is 0 Å². The molecule has 0 saturated heterocycles. The van der Waals surface area contributed by atoms with Gasteiger partial charge in [0.1, 0.15) is 5.82 Å². The Labute approximate surface area is 118 Å². The Balaban J connectivity index is 2.49. The Morgan fingerprint density at radius 1 is 1.48 bits per heavy atom. The van der Waals surface area contributed by atoms with Crippen LogP contribution in [0.1, 0.15) is 15.9 Å². The van der Waals surface area contributed by atoms with E-state index >= 15 is 0 Å². The number of aromatic nitrogens is 1. The molecule has 0 unspecified atom stereocenters. The normalized spacial score (nSPS) is 10.2. The number of carboxylic acid groups (broad SMARTS) is 1. The molecule has 0 spiro atoms. The quantitative estimate of drug-likeness (QED) is 0.662. The average molecular weight is 291 g/mol. The number of aromatic carboxylic acids is 1. The third kappa shape index (κ3) is 2.94. The van der Waals surface area contributed by atoms with Gasteiger partial charge in [-0.05, 0) is 18.6 Å². The van der Waals surface area contributed by atoms with Crippen molar-refractivity contribution in [3.8, 4) is 0 Å². The van der Waals surface area contributed by atoms with E-state index in [-0.39, 0.29) is 17.1 Å². The largest absolute Gasteiger partial charge is 0.478 e. The van der Waals surface area contributed by atoms with Gasteiger partial charge in [-0.1, -0.05) is 12.1 Å². The molecular weight excluding hydrogens is 281 g/mol. The van der Waals surface area contributed by atoms with E-state index in [1.54, 1.807) is 13.0 Å². The van der Waals surface area contributed by atoms with E-state index in [1.807, 2.05) is 0 Å². The lowest BCUT2D eigenvalue weighted by molar-refractivity contribution is -0.384. The molecule has 2 N–H and O–H groups in total. The molecule has 0 radical (unpaired) electrons. The van der Waals surface area contributed by atoms with Crippen LogP contribution in [0.2, 0.25) is 0 Å². The summed E-state index contributed by atoms with van der Waals surface area (Å²) < 4.78 is 13.7. The lowest BCUT2D eigenvalue weighted by atomic mass is 10.2. The van der Waals surface area contributed by atoms with Gasteiger partial charge in [0, 0.05) is 12.3 Å². The Morgan fingerprint density at radius 2 is 2.19 bits per heavy atom. The Kier molecular flexibility index (Phi) is 3.79. The van der Waals surface area contributed by atoms with Gasteiger partial charge < -0.3 is 10.4 Å². The number of carbonyl (C=O) groups is 1. The number of hydrogen-bond donors (Lipinski definition) is 2. The van der Waals surface area contributed by atoms with Crippen molar-refractivity contribution in [2.24, 2.45) is 0 Å². The molecule has 0 aliphatic rings. The van der Waals surface area contributed by atoms with Gasteiger partial charge in [0.2, 0.25) is 5.82 Å². The van der Waals surface area contributed by atoms with Crippen LogP contribution in [-0.2, 0) is 0 Å². The number of nitrogens with one attached hydrogen (secondary N) is 1. The minimum Gasteiger partial charge on any atom is -0.478 e. The van der Waals surface area contributed by atoms with E-state index < -0.39 is 22.4 Å². The molecule has 0 aliphatic carbocycles. The van der Waals surface area contributed by atoms with Crippen LogP contribution in [0.4, 0.5) is 21.6 Å². The molecule has 0 amide bonds. The predicted octanol–water partition coefficient (Wildman–Crippen LogP) is 2.88. The molecule has 1 aromatic heterocycles. The average Bonchev–Trinajstić information content (AvgIpc) is 2.42. The molecule has 2 rings (SSSR count). The summed E-state index contributed by atoms with van der Waals surface area (Å²) in [5.74, 6) is -2.15. The first-order valence-corrected chi connectivity index (χ1v) is 5.80. The molecule has 1 heterocycles. The van der Waals surface area contributed by atoms with Crippen molar-refractivity contribution in [1.82, 2.24) is 4.98 Å². The zero-order valence-corrected chi connectivity index (χ0v) is 10.8. The number of halogens is 1. The van der Waals surface area contributed by atoms with Crippen molar-refractivity contribution in [2.45, 2.75) is 6.92 Å². The van der Waals surface area contributed by atoms with E-state index in [1.165, 1.54) is 12.1 Å². The fourth-order valence-electron chi connectivity index (χ4n) is 1.71. The van der Waals surface area contributed by atoms with Gasteiger partial charge >= 0.3 is 11.7 Å². The van der Waals surface area contributed by atoms with Crippen molar-refractivity contribution >= 4 is 23.2 Å². The zero-order valence-electron chi connectivity index (χ0n) is 10.8. The summed E-state index contributed by atoms with van der Waals surface area (Å²) in [5.41, 5.74) is -0.278. The number of hydrogen-bond acceptors (Lipinski definition) is 5. The smallest absolute Gasteiger partial charge is 0.337 e. The van der Waals surface area contributed by atoms with Gasteiger partial charge in [0.05, 0.1) is 16.2 Å². The maximum atomic E-state index is 13.7. The summed E-state index contributed by atoms with van der Waals surface area (Å²) in [7, 11) is 0. The summed E-state index contributed by atoms with van der Waals surface area (Å²) in [6.45, 7) is 1.63. The molecule has 2 aromatic rings. The molecular formula is C13H10FN3O4. The number of aryl methyl sites for hydroxylation is 1. The minimum absolute atomic E-state index is 0.0520. The minimum atomic E-state index is -1.33. The molecule has 0 saturated carbocycles. The number of para-hydroxylation sites is 1. The monoisotopic (exact) mass is 291 g/mol. The maximum absolute atomic E-state index is 13.7. The van der Waals surface area contributed by atoms with Crippen LogP contribution in [0.3, 0.4) is 0 Å². The number of nitro groups is 1. The van der Waals surface area contributed by atoms with Gasteiger partial charge in [-0.2, -0.15) is 0 Å². The fourth-order valence-corrected chi connectivity index (χ4v) is 1.71. The van der Waals surface area contributed by atoms with Gasteiger partial charge in [0.25, 0.3) is 0 Å². The predicted molar refractivity (Wildman–Crippen MR) is 72.3 cm³/mol. The van der Waals surface area contributed by atoms with Gasteiger partial charge in [0.15, 0.2) is 0 Å². The summed E-state index contributed by atoms with van der Waals surface area (Å²) in [6.07, 6.45) is 0.966. The van der Waals surface area contributed by atoms with Gasteiger partial charge in [-0.15, -0.1) is 0 Å². The Bertz CT molecular complexity index is 713. The zero-order chi connectivity index (χ0) is 15.6. The standard InChI is InChI=1S/C13H10FN3O4/c1-7-3-2-4-9(14)11(7)16-12-10(17(20)21)5-8(6-15-12)13(18)19/h2-6H,1H3,(H,15,16)(H,18,19). The van der Waals surface area contributed by atoms with Crippen LogP contribution in [0.5, 0.6) is 0 Å². The highest BCUT2D eigenvalue weighted by Crippen LogP contribution is 2.29. The van der Waals surface area contributed by atoms with E-state index in [9.17, 15) is 19.3 Å². The van der Waals surface area contributed by atoms with E-state index in [2.05, 4.69) is 10.3 Å². The molecule has 8 heteroatoms. The van der Waals surface area contributed by atoms with Crippen LogP contribution < -0.4 is 5.32 Å². The molecule has 108 valence electrons. The second-order valence-electron chi connectivity index (χ2n) is 4.21. The van der Waals surface area contributed by atoms with Crippen LogP contribution in [0, 0.1) is 22.9 Å². The second kappa shape index (κ2) is 5.53. The lowest BCUT2D eigenvalue weighted by Gasteiger charge is -2.10. The maximum Gasteiger partial charge on any atom is 0.337 e. The molecule has 0 aliphatic heterocycles. The number of carboxylic acids is 1. The highest BCUT2D eigenvalue weighted by molar-refractivity contribution is 5.89. The number of benzene rings is 1. The highest BCUT2D eigenvalue weighted by Gasteiger charge is 2.20. The fraction of sp³-hybridized carbons (Fsp3) is 0.0769. The van der Waals surface area contributed by atoms with E-state index in [4.69, 9.17) is 5.11 Å². The topological polar surface area (TPSA) is 105 Å². The number of nitrogens with zero attached hydrogens (tertiary/aromatic N) is 2. The lowest BCUT2D eigenvalue weighted by Crippen LogP contribution is -2.05. The second-order valence-corrected chi connectivity index (χ2v) is 4.21. The molecule has 0 bridgehead atoms. The summed E-state index contributed by atoms with van der Waals surface area (Å²) in [6, 6.07) is 5.20. The van der Waals surface area contributed by atoms with Crippen molar-refractivity contribution in [1.29, 1.82) is 0 Å². The molecule has 7 nitrogen and oxygen atoms in total. The number of rotatable bonds is 4. The first-order valence-electron chi connectivity index (χ1n) is 5.80. The van der Waals surface area contributed by atoms with Crippen molar-refractivity contribution in [3.05, 3.63) is 57.5 Å². The van der Waals surface area contributed by atoms with Gasteiger partial charge in [-0.25, -0.2) is 14.2 Å². The van der Waals surface area contributed by atoms with E-state index in [0.717, 1.165) is 12.3 Å². The number of anilines is 2. The Morgan fingerprint density at radius 3 is 2.76 bits per heavy atom. The third-order valence-corrected chi connectivity index (χ3v) is 2.78. The van der Waals surface area contributed by atoms with E-state index in [0.29, 0.717) is 5.56 Å². The van der Waals surface area contributed by atoms with Crippen LogP contribution in [0.25, 0.3) is 0 Å². The molecule has 0 atom stereocenters. The van der Waals surface area contributed by atoms with Crippen LogP contribution in [-0.4, -0.2) is 21.0 Å². The van der Waals surface area contributed by atoms with Gasteiger partial charge in [-0.3, -0.25) is 10.1 Å². The summed E-state index contributed by atoms with van der Waals surface area (Å²) in [4.78, 5) is 24.7. The third-order valence-electron chi connectivity index (χ3n) is 2.78. The highest BCUT2D eigenvalue weighted by atomic mass is 19.1. The van der Waals surface area contributed by atoms with Crippen molar-refractivity contribution in [2.75, 3.05) is 5.32 Å². The first-order chi connectivity index (χ1) is 9.90. The van der Waals surface area contributed by atoms with Crippen molar-refractivity contribution in [3.63, 3.8) is 0 Å². The first kappa shape index (κ1) is 14.4. The number of pyridine rings is 1. The molecule has 0 fully saturated rings. The molecule has 1 aromatic carbocycles. The summed E-state index contributed by atoms with van der Waals surface area (Å²) in [5, 5.41) is 22.3. The SMILES string of the molecule is Cc1cccc(F)c1Nc1ncc(C(=O)O)cc1[N+](=O)[O-]. The Hall–Kier alpha value is -3.03. The molecule has 21 heavy (non-hydrogen) atoms. The van der Waals surface area contributed by atoms with Crippen LogP contribution in [0.15, 0.2) is 30.5 Å².